The highest BCUT2D eigenvalue weighted by Gasteiger charge is 2.34. The summed E-state index contributed by atoms with van der Waals surface area (Å²) in [6, 6.07) is 8.78. The zero-order chi connectivity index (χ0) is 21.6. The smallest absolute Gasteiger partial charge is 0.254 e. The van der Waals surface area contributed by atoms with E-state index in [1.807, 2.05) is 28.5 Å². The Balaban J connectivity index is 1.39. The number of piperazine rings is 1. The molecule has 12 heteroatoms. The zero-order valence-electron chi connectivity index (χ0n) is 16.0. The summed E-state index contributed by atoms with van der Waals surface area (Å²) in [6.45, 7) is 0.661. The van der Waals surface area contributed by atoms with Gasteiger partial charge in [-0.3, -0.25) is 0 Å². The molecule has 0 unspecified atom stereocenters. The van der Waals surface area contributed by atoms with Gasteiger partial charge in [-0.1, -0.05) is 12.1 Å². The van der Waals surface area contributed by atoms with Crippen molar-refractivity contribution >= 4 is 33.1 Å². The van der Waals surface area contributed by atoms with Gasteiger partial charge in [-0.2, -0.15) is 13.8 Å². The third kappa shape index (κ3) is 3.46. The molecule has 0 N–H and O–H groups in total. The van der Waals surface area contributed by atoms with Gasteiger partial charge in [0.05, 0.1) is 10.6 Å². The number of aromatic nitrogens is 4. The quantitative estimate of drug-likeness (QED) is 0.464. The predicted molar refractivity (Wildman–Crippen MR) is 111 cm³/mol. The molecule has 1 aliphatic heterocycles. The largest absolute Gasteiger partial charge is 0.337 e. The second-order valence-electron chi connectivity index (χ2n) is 6.87. The van der Waals surface area contributed by atoms with E-state index in [9.17, 15) is 17.2 Å². The van der Waals surface area contributed by atoms with Gasteiger partial charge in [-0.05, 0) is 29.6 Å². The van der Waals surface area contributed by atoms with Crippen LogP contribution in [-0.2, 0) is 10.0 Å². The normalized spacial score (nSPS) is 15.6. The average molecular weight is 463 g/mol. The number of thiophene rings is 1. The van der Waals surface area contributed by atoms with E-state index in [1.54, 1.807) is 22.0 Å². The highest BCUT2D eigenvalue weighted by molar-refractivity contribution is 7.89. The number of benzene rings is 1. The van der Waals surface area contributed by atoms with Crippen LogP contribution >= 0.6 is 11.3 Å². The minimum atomic E-state index is -4.29. The van der Waals surface area contributed by atoms with E-state index in [1.165, 1.54) is 0 Å². The molecule has 160 valence electrons. The van der Waals surface area contributed by atoms with Gasteiger partial charge in [0, 0.05) is 32.4 Å². The fourth-order valence-electron chi connectivity index (χ4n) is 3.51. The van der Waals surface area contributed by atoms with Gasteiger partial charge in [0.15, 0.2) is 4.90 Å². The summed E-state index contributed by atoms with van der Waals surface area (Å²) in [7, 11) is -4.29. The third-order valence-electron chi connectivity index (χ3n) is 5.04. The molecule has 0 radical (unpaired) electrons. The zero-order valence-corrected chi connectivity index (χ0v) is 17.7. The van der Waals surface area contributed by atoms with Crippen molar-refractivity contribution < 1.29 is 17.2 Å². The molecule has 5 rings (SSSR count). The standard InChI is InChI=1S/C19H16F2N6O2S2/c20-13-3-1-4-14(21)17(13)31(28,29)26-10-8-25(9-11-26)19-23-18-22-7-6-15(27(18)24-19)16-5-2-12-30-16/h1-7,12H,8-11H2. The lowest BCUT2D eigenvalue weighted by Gasteiger charge is -2.33. The topological polar surface area (TPSA) is 83.7 Å². The lowest BCUT2D eigenvalue weighted by molar-refractivity contribution is 0.376. The summed E-state index contributed by atoms with van der Waals surface area (Å²) >= 11 is 1.57. The summed E-state index contributed by atoms with van der Waals surface area (Å²) in [5, 5.41) is 6.52. The van der Waals surface area contributed by atoms with Crippen LogP contribution < -0.4 is 4.90 Å². The lowest BCUT2D eigenvalue weighted by Crippen LogP contribution is -2.49. The Bertz CT molecular complexity index is 1330. The summed E-state index contributed by atoms with van der Waals surface area (Å²) in [4.78, 5) is 10.7. The van der Waals surface area contributed by atoms with Crippen molar-refractivity contribution in [2.24, 2.45) is 0 Å². The molecule has 31 heavy (non-hydrogen) atoms. The van der Waals surface area contributed by atoms with Crippen molar-refractivity contribution in [2.75, 3.05) is 31.1 Å². The Morgan fingerprint density at radius 1 is 0.968 bits per heavy atom. The number of fused-ring (bicyclic) bond motifs is 1. The van der Waals surface area contributed by atoms with Gasteiger partial charge in [0.25, 0.3) is 5.78 Å². The molecule has 0 aliphatic carbocycles. The van der Waals surface area contributed by atoms with Crippen LogP contribution in [0.4, 0.5) is 14.7 Å². The molecule has 1 saturated heterocycles. The van der Waals surface area contributed by atoms with Crippen LogP contribution in [0.25, 0.3) is 16.3 Å². The van der Waals surface area contributed by atoms with E-state index in [4.69, 9.17) is 0 Å². The van der Waals surface area contributed by atoms with Crippen molar-refractivity contribution in [3.05, 3.63) is 59.6 Å². The maximum Gasteiger partial charge on any atom is 0.254 e. The first kappa shape index (κ1) is 20.0. The van der Waals surface area contributed by atoms with Gasteiger partial charge >= 0.3 is 0 Å². The molecule has 0 bridgehead atoms. The fraction of sp³-hybridized carbons (Fsp3) is 0.211. The first-order chi connectivity index (χ1) is 14.9. The van der Waals surface area contributed by atoms with Gasteiger partial charge in [0.1, 0.15) is 11.6 Å². The summed E-state index contributed by atoms with van der Waals surface area (Å²) in [5.74, 6) is -1.34. The van der Waals surface area contributed by atoms with E-state index in [2.05, 4.69) is 15.1 Å². The van der Waals surface area contributed by atoms with Gasteiger partial charge in [-0.15, -0.1) is 16.4 Å². The van der Waals surface area contributed by atoms with Crippen LogP contribution in [0.3, 0.4) is 0 Å². The van der Waals surface area contributed by atoms with Crippen LogP contribution in [0.1, 0.15) is 0 Å². The fourth-order valence-corrected chi connectivity index (χ4v) is 5.78. The van der Waals surface area contributed by atoms with Gasteiger partial charge < -0.3 is 4.90 Å². The Kier molecular flexibility index (Phi) is 4.91. The first-order valence-corrected chi connectivity index (χ1v) is 11.7. The van der Waals surface area contributed by atoms with E-state index < -0.39 is 26.6 Å². The lowest BCUT2D eigenvalue weighted by atomic mass is 10.3. The van der Waals surface area contributed by atoms with E-state index >= 15 is 0 Å². The second kappa shape index (κ2) is 7.62. The number of hydrogen-bond acceptors (Lipinski definition) is 7. The monoisotopic (exact) mass is 462 g/mol. The molecule has 0 spiro atoms. The maximum atomic E-state index is 14.0. The molecule has 3 aromatic heterocycles. The molecule has 0 atom stereocenters. The molecular formula is C19H16F2N6O2S2. The van der Waals surface area contributed by atoms with Gasteiger partial charge in [0.2, 0.25) is 16.0 Å². The molecule has 4 aromatic rings. The maximum absolute atomic E-state index is 14.0. The summed E-state index contributed by atoms with van der Waals surface area (Å²) < 4.78 is 56.3. The van der Waals surface area contributed by atoms with Crippen LogP contribution in [0, 0.1) is 11.6 Å². The third-order valence-corrected chi connectivity index (χ3v) is 7.88. The SMILES string of the molecule is O=S(=O)(c1c(F)cccc1F)N1CCN(c2nc3nccc(-c4cccs4)n3n2)CC1. The molecule has 1 aromatic carbocycles. The number of anilines is 1. The molecule has 0 saturated carbocycles. The van der Waals surface area contributed by atoms with Crippen LogP contribution in [0.5, 0.6) is 0 Å². The Morgan fingerprint density at radius 3 is 2.39 bits per heavy atom. The molecule has 8 nitrogen and oxygen atoms in total. The van der Waals surface area contributed by atoms with E-state index in [0.29, 0.717) is 11.7 Å². The number of hydrogen-bond donors (Lipinski definition) is 0. The molecular weight excluding hydrogens is 446 g/mol. The van der Waals surface area contributed by atoms with Gasteiger partial charge in [-0.25, -0.2) is 22.2 Å². The summed E-state index contributed by atoms with van der Waals surface area (Å²) in [5.41, 5.74) is 0.856. The van der Waals surface area contributed by atoms with Crippen molar-refractivity contribution in [1.82, 2.24) is 23.9 Å². The first-order valence-electron chi connectivity index (χ1n) is 9.40. The Labute approximate surface area is 180 Å². The van der Waals surface area contributed by atoms with Crippen molar-refractivity contribution in [3.63, 3.8) is 0 Å². The number of halogens is 2. The number of nitrogens with zero attached hydrogens (tertiary/aromatic N) is 6. The van der Waals surface area contributed by atoms with Crippen LogP contribution in [0.2, 0.25) is 0 Å². The highest BCUT2D eigenvalue weighted by atomic mass is 32.2. The molecule has 1 fully saturated rings. The molecule has 1 aliphatic rings. The van der Waals surface area contributed by atoms with E-state index in [0.717, 1.165) is 33.1 Å². The Hall–Kier alpha value is -2.96. The summed E-state index contributed by atoms with van der Waals surface area (Å²) in [6.07, 6.45) is 1.66. The number of rotatable bonds is 4. The minimum absolute atomic E-state index is 0.0525. The highest BCUT2D eigenvalue weighted by Crippen LogP contribution is 2.27. The Morgan fingerprint density at radius 2 is 1.71 bits per heavy atom. The van der Waals surface area contributed by atoms with Crippen LogP contribution in [-0.4, -0.2) is 58.5 Å². The molecule has 4 heterocycles. The van der Waals surface area contributed by atoms with Crippen LogP contribution in [0.15, 0.2) is 52.9 Å². The van der Waals surface area contributed by atoms with Crippen molar-refractivity contribution in [3.8, 4) is 10.6 Å². The van der Waals surface area contributed by atoms with Crippen molar-refractivity contribution in [1.29, 1.82) is 0 Å². The van der Waals surface area contributed by atoms with E-state index in [-0.39, 0.29) is 26.2 Å². The average Bonchev–Trinajstić information content (AvgIpc) is 3.43. The second-order valence-corrected chi connectivity index (χ2v) is 9.70. The predicted octanol–water partition coefficient (Wildman–Crippen LogP) is 2.64. The van der Waals surface area contributed by atoms with Crippen molar-refractivity contribution in [2.45, 2.75) is 4.90 Å². The molecule has 0 amide bonds. The number of sulfonamides is 1. The minimum Gasteiger partial charge on any atom is -0.337 e.